The first-order chi connectivity index (χ1) is 13.4. The number of pyridine rings is 3. The number of hydrogen-bond donors (Lipinski definition) is 0. The molecule has 0 unspecified atom stereocenters. The predicted octanol–water partition coefficient (Wildman–Crippen LogP) is 4.13. The molecule has 0 aliphatic carbocycles. The van der Waals surface area contributed by atoms with E-state index < -0.39 is 0 Å². The SMILES string of the molecule is c1ccc(CN2CCC[C@H]2c2ncn3cc(-c4cccnc4)ccc23)nc1. The number of rotatable bonds is 4. The van der Waals surface area contributed by atoms with Crippen LogP contribution in [0.15, 0.2) is 73.6 Å². The van der Waals surface area contributed by atoms with Gasteiger partial charge in [-0.15, -0.1) is 0 Å². The second-order valence-electron chi connectivity index (χ2n) is 7.03. The largest absolute Gasteiger partial charge is 0.305 e. The van der Waals surface area contributed by atoms with E-state index in [0.29, 0.717) is 6.04 Å². The molecule has 134 valence electrons. The highest BCUT2D eigenvalue weighted by Crippen LogP contribution is 2.34. The highest BCUT2D eigenvalue weighted by molar-refractivity contribution is 5.66. The lowest BCUT2D eigenvalue weighted by Gasteiger charge is -2.23. The monoisotopic (exact) mass is 355 g/mol. The highest BCUT2D eigenvalue weighted by Gasteiger charge is 2.29. The van der Waals surface area contributed by atoms with Gasteiger partial charge < -0.3 is 4.40 Å². The molecule has 1 fully saturated rings. The molecule has 0 amide bonds. The Balaban J connectivity index is 1.46. The van der Waals surface area contributed by atoms with E-state index in [2.05, 4.69) is 55.8 Å². The van der Waals surface area contributed by atoms with E-state index in [4.69, 9.17) is 4.98 Å². The minimum Gasteiger partial charge on any atom is -0.305 e. The quantitative estimate of drug-likeness (QED) is 0.552. The molecule has 27 heavy (non-hydrogen) atoms. The zero-order valence-corrected chi connectivity index (χ0v) is 15.1. The van der Waals surface area contributed by atoms with Crippen LogP contribution in [0.4, 0.5) is 0 Å². The summed E-state index contributed by atoms with van der Waals surface area (Å²) in [4.78, 5) is 16.0. The maximum atomic E-state index is 4.79. The molecule has 5 rings (SSSR count). The van der Waals surface area contributed by atoms with Crippen molar-refractivity contribution >= 4 is 5.52 Å². The molecule has 0 aromatic carbocycles. The maximum absolute atomic E-state index is 4.79. The van der Waals surface area contributed by atoms with Crippen LogP contribution in [0.1, 0.15) is 30.3 Å². The van der Waals surface area contributed by atoms with Crippen LogP contribution in [0, 0.1) is 0 Å². The van der Waals surface area contributed by atoms with Gasteiger partial charge in [0.05, 0.1) is 29.3 Å². The van der Waals surface area contributed by atoms with Crippen LogP contribution in [0.5, 0.6) is 0 Å². The number of likely N-dealkylation sites (tertiary alicyclic amines) is 1. The number of imidazole rings is 1. The van der Waals surface area contributed by atoms with Crippen LogP contribution in [0.2, 0.25) is 0 Å². The Labute approximate surface area is 158 Å². The van der Waals surface area contributed by atoms with Crippen molar-refractivity contribution in [2.45, 2.75) is 25.4 Å². The van der Waals surface area contributed by atoms with Crippen molar-refractivity contribution in [2.75, 3.05) is 6.54 Å². The zero-order chi connectivity index (χ0) is 18.1. The van der Waals surface area contributed by atoms with E-state index in [9.17, 15) is 0 Å². The first kappa shape index (κ1) is 16.1. The smallest absolute Gasteiger partial charge is 0.0996 e. The minimum absolute atomic E-state index is 0.348. The Bertz CT molecular complexity index is 1040. The van der Waals surface area contributed by atoms with Crippen LogP contribution in [-0.4, -0.2) is 30.8 Å². The molecule has 5 nitrogen and oxygen atoms in total. The van der Waals surface area contributed by atoms with Crippen molar-refractivity contribution < 1.29 is 0 Å². The summed E-state index contributed by atoms with van der Waals surface area (Å²) in [5.74, 6) is 0. The minimum atomic E-state index is 0.348. The van der Waals surface area contributed by atoms with E-state index in [1.165, 1.54) is 17.6 Å². The Morgan fingerprint density at radius 1 is 0.963 bits per heavy atom. The van der Waals surface area contributed by atoms with E-state index in [1.54, 1.807) is 6.20 Å². The summed E-state index contributed by atoms with van der Waals surface area (Å²) in [5.41, 5.74) is 5.73. The van der Waals surface area contributed by atoms with Gasteiger partial charge in [-0.25, -0.2) is 4.98 Å². The van der Waals surface area contributed by atoms with Gasteiger partial charge in [0.15, 0.2) is 0 Å². The van der Waals surface area contributed by atoms with Gasteiger partial charge in [-0.05, 0) is 49.2 Å². The molecule has 4 aromatic heterocycles. The lowest BCUT2D eigenvalue weighted by molar-refractivity contribution is 0.243. The van der Waals surface area contributed by atoms with E-state index >= 15 is 0 Å². The molecule has 0 spiro atoms. The molecule has 0 radical (unpaired) electrons. The molecule has 0 saturated carbocycles. The average molecular weight is 355 g/mol. The second kappa shape index (κ2) is 6.93. The lowest BCUT2D eigenvalue weighted by atomic mass is 10.1. The number of fused-ring (bicyclic) bond motifs is 1. The van der Waals surface area contributed by atoms with Gasteiger partial charge in [0.1, 0.15) is 0 Å². The molecule has 5 heteroatoms. The molecule has 1 aliphatic heterocycles. The van der Waals surface area contributed by atoms with E-state index in [-0.39, 0.29) is 0 Å². The Morgan fingerprint density at radius 3 is 2.81 bits per heavy atom. The van der Waals surface area contributed by atoms with Gasteiger partial charge in [-0.2, -0.15) is 0 Å². The molecule has 5 heterocycles. The van der Waals surface area contributed by atoms with Crippen LogP contribution >= 0.6 is 0 Å². The molecule has 0 bridgehead atoms. The number of aromatic nitrogens is 4. The predicted molar refractivity (Wildman–Crippen MR) is 105 cm³/mol. The van der Waals surface area contributed by atoms with Gasteiger partial charge in [-0.3, -0.25) is 14.9 Å². The van der Waals surface area contributed by atoms with Crippen LogP contribution < -0.4 is 0 Å². The van der Waals surface area contributed by atoms with Crippen molar-refractivity contribution in [3.8, 4) is 11.1 Å². The Morgan fingerprint density at radius 2 is 1.96 bits per heavy atom. The van der Waals surface area contributed by atoms with E-state index in [0.717, 1.165) is 36.3 Å². The molecule has 1 aliphatic rings. The zero-order valence-electron chi connectivity index (χ0n) is 15.1. The van der Waals surface area contributed by atoms with Crippen LogP contribution in [-0.2, 0) is 6.54 Å². The molecule has 0 N–H and O–H groups in total. The third kappa shape index (κ3) is 3.11. The topological polar surface area (TPSA) is 46.3 Å². The molecule has 1 saturated heterocycles. The van der Waals surface area contributed by atoms with Crippen LogP contribution in [0.25, 0.3) is 16.6 Å². The third-order valence-corrected chi connectivity index (χ3v) is 5.33. The van der Waals surface area contributed by atoms with Gasteiger partial charge in [0.2, 0.25) is 0 Å². The summed E-state index contributed by atoms with van der Waals surface area (Å²) in [6.45, 7) is 1.96. The first-order valence-corrected chi connectivity index (χ1v) is 9.39. The number of hydrogen-bond acceptors (Lipinski definition) is 4. The molecule has 1 atom stereocenters. The van der Waals surface area contributed by atoms with Crippen molar-refractivity contribution in [1.82, 2.24) is 24.3 Å². The summed E-state index contributed by atoms with van der Waals surface area (Å²) >= 11 is 0. The highest BCUT2D eigenvalue weighted by atomic mass is 15.2. The third-order valence-electron chi connectivity index (χ3n) is 5.33. The van der Waals surface area contributed by atoms with Gasteiger partial charge >= 0.3 is 0 Å². The van der Waals surface area contributed by atoms with Gasteiger partial charge in [-0.1, -0.05) is 18.2 Å². The maximum Gasteiger partial charge on any atom is 0.0996 e. The summed E-state index contributed by atoms with van der Waals surface area (Å²) in [5, 5.41) is 0. The number of nitrogens with zero attached hydrogens (tertiary/aromatic N) is 5. The van der Waals surface area contributed by atoms with Crippen LogP contribution in [0.3, 0.4) is 0 Å². The fourth-order valence-corrected chi connectivity index (χ4v) is 4.01. The Kier molecular flexibility index (Phi) is 4.14. The van der Waals surface area contributed by atoms with Crippen molar-refractivity contribution in [1.29, 1.82) is 0 Å². The van der Waals surface area contributed by atoms with Gasteiger partial charge in [0, 0.05) is 36.9 Å². The fourth-order valence-electron chi connectivity index (χ4n) is 4.01. The normalized spacial score (nSPS) is 17.6. The standard InChI is InChI=1S/C22H21N5/c1-2-11-24-19(6-1)15-26-12-4-7-20(26)22-21-9-8-18(14-27(21)16-25-22)17-5-3-10-23-13-17/h1-3,5-6,8-11,13-14,16,20H,4,7,12,15H2/t20-/m0/s1. The summed E-state index contributed by atoms with van der Waals surface area (Å²) in [6.07, 6.45) is 12.0. The molecule has 4 aromatic rings. The fraction of sp³-hybridized carbons (Fsp3) is 0.227. The molecular weight excluding hydrogens is 334 g/mol. The summed E-state index contributed by atoms with van der Waals surface area (Å²) in [6, 6.07) is 14.9. The van der Waals surface area contributed by atoms with E-state index in [1.807, 2.05) is 30.9 Å². The first-order valence-electron chi connectivity index (χ1n) is 9.39. The summed E-state index contributed by atoms with van der Waals surface area (Å²) < 4.78 is 2.13. The Hall–Kier alpha value is -3.05. The van der Waals surface area contributed by atoms with Crippen molar-refractivity contribution in [2.24, 2.45) is 0 Å². The summed E-state index contributed by atoms with van der Waals surface area (Å²) in [7, 11) is 0. The second-order valence-corrected chi connectivity index (χ2v) is 7.03. The van der Waals surface area contributed by atoms with Crippen molar-refractivity contribution in [3.63, 3.8) is 0 Å². The molecular formula is C22H21N5. The van der Waals surface area contributed by atoms with Crippen molar-refractivity contribution in [3.05, 3.63) is 85.0 Å². The van der Waals surface area contributed by atoms with Gasteiger partial charge in [0.25, 0.3) is 0 Å². The average Bonchev–Trinajstić information content (AvgIpc) is 3.35. The lowest BCUT2D eigenvalue weighted by Crippen LogP contribution is -2.23.